The maximum Gasteiger partial charge on any atom is 0.309 e. The summed E-state index contributed by atoms with van der Waals surface area (Å²) in [5.74, 6) is -0.655. The van der Waals surface area contributed by atoms with Crippen molar-refractivity contribution in [3.63, 3.8) is 0 Å². The summed E-state index contributed by atoms with van der Waals surface area (Å²) in [4.78, 5) is 12.6. The number of aromatic nitrogens is 2. The number of nitrogens with zero attached hydrogens (tertiary/aromatic N) is 2. The number of hydrogen-bond donors (Lipinski definition) is 1. The molecule has 0 spiro atoms. The highest BCUT2D eigenvalue weighted by Gasteiger charge is 2.35. The van der Waals surface area contributed by atoms with Gasteiger partial charge in [0.1, 0.15) is 11.3 Å². The number of para-hydroxylation sites is 1. The topological polar surface area (TPSA) is 103 Å². The molecule has 0 aliphatic carbocycles. The Morgan fingerprint density at radius 3 is 2.11 bits per heavy atom. The number of rotatable bonds is 8. The normalized spacial score (nSPS) is 12.3. The molecule has 0 aliphatic heterocycles. The number of sulfonamides is 1. The van der Waals surface area contributed by atoms with Crippen LogP contribution in [0.2, 0.25) is 0 Å². The van der Waals surface area contributed by atoms with Crippen molar-refractivity contribution in [3.8, 4) is 11.6 Å². The predicted molar refractivity (Wildman–Crippen MR) is 170 cm³/mol. The molecule has 0 saturated carbocycles. The number of fused-ring (bicyclic) bond motifs is 1. The molecule has 6 aromatic rings. The molecule has 0 bridgehead atoms. The van der Waals surface area contributed by atoms with Gasteiger partial charge in [0.25, 0.3) is 10.0 Å². The lowest BCUT2D eigenvalue weighted by molar-refractivity contribution is -0.132. The van der Waals surface area contributed by atoms with E-state index < -0.39 is 21.9 Å². The minimum Gasteiger partial charge on any atom is -0.458 e. The maximum absolute atomic E-state index is 13.8. The van der Waals surface area contributed by atoms with Gasteiger partial charge >= 0.3 is 5.97 Å². The summed E-state index contributed by atoms with van der Waals surface area (Å²) in [6.45, 7) is 7.06. The molecule has 6 rings (SSSR count). The number of nitrogens with one attached hydrogen (secondary N) is 1. The zero-order valence-corrected chi connectivity index (χ0v) is 25.6. The standard InChI is InChI=1S/C35H31N3O5S/c1-22-14-18-27(19-15-22)38-35(42-25(4)39)31(24(3)36-38)32(26-10-6-5-7-11-26)34-33(29-12-8-9-13-30(29)43-34)37-44(40,41)28-20-16-23(2)17-21-28/h5-21,32,37H,1-4H3. The molecule has 2 heterocycles. The monoisotopic (exact) mass is 605 g/mol. The first-order chi connectivity index (χ1) is 21.1. The smallest absolute Gasteiger partial charge is 0.309 e. The summed E-state index contributed by atoms with van der Waals surface area (Å²) in [5, 5.41) is 5.40. The number of benzene rings is 4. The van der Waals surface area contributed by atoms with Gasteiger partial charge in [-0.25, -0.2) is 13.1 Å². The van der Waals surface area contributed by atoms with Crippen molar-refractivity contribution in [1.82, 2.24) is 9.78 Å². The summed E-state index contributed by atoms with van der Waals surface area (Å²) in [6, 6.07) is 31.2. The largest absolute Gasteiger partial charge is 0.458 e. The Labute approximate surface area is 256 Å². The first-order valence-electron chi connectivity index (χ1n) is 14.1. The van der Waals surface area contributed by atoms with Crippen LogP contribution in [0.1, 0.15) is 46.5 Å². The Hall–Kier alpha value is -5.15. The van der Waals surface area contributed by atoms with Crippen LogP contribution in [0, 0.1) is 20.8 Å². The van der Waals surface area contributed by atoms with Gasteiger partial charge in [0.05, 0.1) is 33.4 Å². The van der Waals surface area contributed by atoms with Crippen molar-refractivity contribution in [2.75, 3.05) is 4.72 Å². The molecule has 8 nitrogen and oxygen atoms in total. The predicted octanol–water partition coefficient (Wildman–Crippen LogP) is 7.45. The molecule has 0 radical (unpaired) electrons. The minimum atomic E-state index is -4.01. The lowest BCUT2D eigenvalue weighted by Gasteiger charge is -2.19. The first-order valence-corrected chi connectivity index (χ1v) is 15.6. The Kier molecular flexibility index (Phi) is 7.57. The zero-order chi connectivity index (χ0) is 31.0. The van der Waals surface area contributed by atoms with Gasteiger partial charge in [-0.15, -0.1) is 0 Å². The fourth-order valence-electron chi connectivity index (χ4n) is 5.32. The SMILES string of the molecule is CC(=O)Oc1c(C(c2ccccc2)c2oc3ccccc3c2NS(=O)(=O)c2ccc(C)cc2)c(C)nn1-c1ccc(C)cc1. The number of aryl methyl sites for hydroxylation is 3. The van der Waals surface area contributed by atoms with E-state index in [0.717, 1.165) is 16.7 Å². The number of ether oxygens (including phenoxy) is 1. The van der Waals surface area contributed by atoms with Crippen LogP contribution in [0.5, 0.6) is 5.88 Å². The average Bonchev–Trinajstić information content (AvgIpc) is 3.51. The second-order valence-electron chi connectivity index (χ2n) is 10.7. The molecular formula is C35H31N3O5S. The van der Waals surface area contributed by atoms with Gasteiger partial charge in [-0.2, -0.15) is 5.10 Å². The molecule has 0 aliphatic rings. The van der Waals surface area contributed by atoms with E-state index in [9.17, 15) is 13.2 Å². The quantitative estimate of drug-likeness (QED) is 0.181. The fourth-order valence-corrected chi connectivity index (χ4v) is 6.42. The number of hydrogen-bond acceptors (Lipinski definition) is 6. The molecule has 0 fully saturated rings. The molecule has 0 amide bonds. The zero-order valence-electron chi connectivity index (χ0n) is 24.7. The molecule has 1 unspecified atom stereocenters. The first kappa shape index (κ1) is 28.9. The third-order valence-corrected chi connectivity index (χ3v) is 8.82. The molecule has 9 heteroatoms. The van der Waals surface area contributed by atoms with Crippen molar-refractivity contribution in [3.05, 3.63) is 137 Å². The number of carbonyl (C=O) groups is 1. The molecule has 1 atom stereocenters. The summed E-state index contributed by atoms with van der Waals surface area (Å²) < 4.78 is 44.3. The van der Waals surface area contributed by atoms with Gasteiger partial charge in [0, 0.05) is 12.3 Å². The molecular weight excluding hydrogens is 574 g/mol. The van der Waals surface area contributed by atoms with Crippen molar-refractivity contribution in [2.24, 2.45) is 0 Å². The minimum absolute atomic E-state index is 0.125. The van der Waals surface area contributed by atoms with E-state index in [4.69, 9.17) is 14.3 Å². The summed E-state index contributed by atoms with van der Waals surface area (Å²) in [6.07, 6.45) is 0. The molecule has 222 valence electrons. The second kappa shape index (κ2) is 11.5. The van der Waals surface area contributed by atoms with Crippen LogP contribution < -0.4 is 9.46 Å². The van der Waals surface area contributed by atoms with Crippen molar-refractivity contribution < 1.29 is 22.4 Å². The molecule has 4 aromatic carbocycles. The number of anilines is 1. The molecule has 44 heavy (non-hydrogen) atoms. The summed E-state index contributed by atoms with van der Waals surface area (Å²) >= 11 is 0. The molecule has 2 aromatic heterocycles. The Morgan fingerprint density at radius 1 is 0.841 bits per heavy atom. The van der Waals surface area contributed by atoms with Crippen LogP contribution in [0.15, 0.2) is 112 Å². The van der Waals surface area contributed by atoms with Crippen LogP contribution in [0.25, 0.3) is 16.7 Å². The van der Waals surface area contributed by atoms with Crippen LogP contribution >= 0.6 is 0 Å². The Bertz CT molecular complexity index is 2080. The summed E-state index contributed by atoms with van der Waals surface area (Å²) in [5.41, 5.74) is 5.47. The number of furan rings is 1. The Morgan fingerprint density at radius 2 is 1.45 bits per heavy atom. The van der Waals surface area contributed by atoms with Crippen molar-refractivity contribution in [1.29, 1.82) is 0 Å². The third kappa shape index (κ3) is 5.49. The van der Waals surface area contributed by atoms with Crippen LogP contribution in [0.4, 0.5) is 5.69 Å². The van der Waals surface area contributed by atoms with Crippen LogP contribution in [0.3, 0.4) is 0 Å². The van der Waals surface area contributed by atoms with Gasteiger partial charge in [-0.1, -0.05) is 77.9 Å². The van der Waals surface area contributed by atoms with Crippen LogP contribution in [-0.2, 0) is 14.8 Å². The molecule has 0 saturated heterocycles. The average molecular weight is 606 g/mol. The van der Waals surface area contributed by atoms with E-state index in [1.165, 1.54) is 6.92 Å². The highest BCUT2D eigenvalue weighted by Crippen LogP contribution is 2.46. The second-order valence-corrected chi connectivity index (χ2v) is 12.4. The van der Waals surface area contributed by atoms with E-state index in [1.807, 2.05) is 93.6 Å². The number of carbonyl (C=O) groups excluding carboxylic acids is 1. The van der Waals surface area contributed by atoms with E-state index in [2.05, 4.69) is 4.72 Å². The summed E-state index contributed by atoms with van der Waals surface area (Å²) in [7, 11) is -4.01. The third-order valence-electron chi connectivity index (χ3n) is 7.46. The van der Waals surface area contributed by atoms with E-state index in [1.54, 1.807) is 35.0 Å². The van der Waals surface area contributed by atoms with E-state index in [-0.39, 0.29) is 10.8 Å². The van der Waals surface area contributed by atoms with Gasteiger partial charge in [-0.05, 0) is 62.7 Å². The van der Waals surface area contributed by atoms with Crippen molar-refractivity contribution >= 4 is 32.6 Å². The highest BCUT2D eigenvalue weighted by molar-refractivity contribution is 7.92. The van der Waals surface area contributed by atoms with Gasteiger partial charge < -0.3 is 9.15 Å². The van der Waals surface area contributed by atoms with E-state index in [0.29, 0.717) is 39.4 Å². The molecule has 1 N–H and O–H groups in total. The van der Waals surface area contributed by atoms with Gasteiger partial charge in [0.2, 0.25) is 5.88 Å². The Balaban J connectivity index is 1.62. The maximum atomic E-state index is 13.8. The lowest BCUT2D eigenvalue weighted by atomic mass is 9.88. The van der Waals surface area contributed by atoms with Crippen LogP contribution in [-0.4, -0.2) is 24.2 Å². The van der Waals surface area contributed by atoms with E-state index >= 15 is 0 Å². The fraction of sp³-hybridized carbons (Fsp3) is 0.143. The van der Waals surface area contributed by atoms with Crippen molar-refractivity contribution in [2.45, 2.75) is 38.5 Å². The number of esters is 1. The lowest BCUT2D eigenvalue weighted by Crippen LogP contribution is -2.16. The highest BCUT2D eigenvalue weighted by atomic mass is 32.2. The van der Waals surface area contributed by atoms with Gasteiger partial charge in [-0.3, -0.25) is 9.52 Å². The van der Waals surface area contributed by atoms with Gasteiger partial charge in [0.15, 0.2) is 0 Å².